The van der Waals surface area contributed by atoms with Gasteiger partial charge in [0.05, 0.1) is 5.02 Å². The highest BCUT2D eigenvalue weighted by Crippen LogP contribution is 2.29. The lowest BCUT2D eigenvalue weighted by Crippen LogP contribution is -2.11. The number of H-pyrrole nitrogens is 1. The van der Waals surface area contributed by atoms with Crippen molar-refractivity contribution in [2.75, 3.05) is 5.32 Å². The zero-order valence-electron chi connectivity index (χ0n) is 13.7. The minimum atomic E-state index is 0.0125. The predicted molar refractivity (Wildman–Crippen MR) is 100 cm³/mol. The van der Waals surface area contributed by atoms with Gasteiger partial charge in [-0.2, -0.15) is 0 Å². The topological polar surface area (TPSA) is 53.6 Å². The third-order valence-electron chi connectivity index (χ3n) is 3.61. The van der Waals surface area contributed by atoms with Gasteiger partial charge in [0.25, 0.3) is 0 Å². The molecule has 0 fully saturated rings. The predicted octanol–water partition coefficient (Wildman–Crippen LogP) is 5.82. The number of pyridine rings is 1. The van der Waals surface area contributed by atoms with E-state index in [2.05, 4.69) is 41.0 Å². The van der Waals surface area contributed by atoms with Gasteiger partial charge in [0.15, 0.2) is 0 Å². The van der Waals surface area contributed by atoms with Crippen LogP contribution in [0.2, 0.25) is 10.0 Å². The molecule has 0 aliphatic carbocycles. The molecule has 2 heterocycles. The minimum absolute atomic E-state index is 0.0125. The molecule has 24 heavy (non-hydrogen) atoms. The van der Waals surface area contributed by atoms with Crippen LogP contribution in [0.5, 0.6) is 0 Å². The van der Waals surface area contributed by atoms with Crippen molar-refractivity contribution in [1.82, 2.24) is 15.0 Å². The molecule has 4 nitrogen and oxygen atoms in total. The lowest BCUT2D eigenvalue weighted by atomic mass is 9.93. The Labute approximate surface area is 151 Å². The van der Waals surface area contributed by atoms with Crippen LogP contribution in [0.1, 0.15) is 26.5 Å². The van der Waals surface area contributed by atoms with E-state index >= 15 is 0 Å². The maximum absolute atomic E-state index is 6.36. The molecule has 3 aromatic rings. The zero-order valence-corrected chi connectivity index (χ0v) is 15.2. The third-order valence-corrected chi connectivity index (χ3v) is 4.15. The summed E-state index contributed by atoms with van der Waals surface area (Å²) in [5.74, 6) is 1.35. The number of aromatic nitrogens is 3. The molecule has 0 radical (unpaired) electrons. The van der Waals surface area contributed by atoms with E-state index in [1.165, 1.54) is 0 Å². The van der Waals surface area contributed by atoms with E-state index < -0.39 is 0 Å². The van der Waals surface area contributed by atoms with Gasteiger partial charge in [-0.15, -0.1) is 0 Å². The van der Waals surface area contributed by atoms with Crippen LogP contribution >= 0.6 is 23.2 Å². The first-order valence-corrected chi connectivity index (χ1v) is 8.32. The van der Waals surface area contributed by atoms with E-state index in [4.69, 9.17) is 23.2 Å². The van der Waals surface area contributed by atoms with Gasteiger partial charge in [-0.1, -0.05) is 44.0 Å². The number of hydrogen-bond acceptors (Lipinski definition) is 3. The number of halogens is 2. The van der Waals surface area contributed by atoms with Crippen LogP contribution in [0.25, 0.3) is 11.4 Å². The highest BCUT2D eigenvalue weighted by Gasteiger charge is 2.17. The van der Waals surface area contributed by atoms with Crippen LogP contribution < -0.4 is 5.32 Å². The first-order chi connectivity index (χ1) is 11.3. The highest BCUT2D eigenvalue weighted by atomic mass is 35.5. The molecule has 0 saturated heterocycles. The van der Waals surface area contributed by atoms with Crippen molar-refractivity contribution >= 4 is 34.7 Å². The summed E-state index contributed by atoms with van der Waals surface area (Å²) >= 11 is 12.3. The normalized spacial score (nSPS) is 11.5. The van der Waals surface area contributed by atoms with Crippen molar-refractivity contribution < 1.29 is 0 Å². The van der Waals surface area contributed by atoms with Crippen molar-refractivity contribution in [3.05, 3.63) is 58.5 Å². The average Bonchev–Trinajstić information content (AvgIpc) is 3.01. The van der Waals surface area contributed by atoms with Gasteiger partial charge in [-0.3, -0.25) is 0 Å². The maximum Gasteiger partial charge on any atom is 0.149 e. The van der Waals surface area contributed by atoms with Gasteiger partial charge < -0.3 is 10.3 Å². The molecule has 3 rings (SSSR count). The van der Waals surface area contributed by atoms with Crippen LogP contribution in [-0.4, -0.2) is 15.0 Å². The number of imidazole rings is 1. The molecule has 0 aliphatic rings. The molecule has 0 saturated carbocycles. The number of anilines is 2. The fourth-order valence-corrected chi connectivity index (χ4v) is 2.52. The Kier molecular flexibility index (Phi) is 4.52. The van der Waals surface area contributed by atoms with E-state index in [9.17, 15) is 0 Å². The van der Waals surface area contributed by atoms with E-state index in [0.29, 0.717) is 15.9 Å². The van der Waals surface area contributed by atoms with Gasteiger partial charge in [-0.05, 0) is 30.3 Å². The fraction of sp³-hybridized carbons (Fsp3) is 0.222. The summed E-state index contributed by atoms with van der Waals surface area (Å²) in [5, 5.41) is 4.38. The van der Waals surface area contributed by atoms with Crippen molar-refractivity contribution in [1.29, 1.82) is 0 Å². The molecular formula is C18H18Cl2N4. The number of benzene rings is 1. The van der Waals surface area contributed by atoms with Crippen LogP contribution in [0, 0.1) is 0 Å². The molecular weight excluding hydrogens is 343 g/mol. The van der Waals surface area contributed by atoms with Crippen LogP contribution in [0.4, 0.5) is 11.5 Å². The van der Waals surface area contributed by atoms with Crippen LogP contribution in [0.15, 0.2) is 42.7 Å². The summed E-state index contributed by atoms with van der Waals surface area (Å²) in [5.41, 5.74) is 2.79. The molecule has 1 aromatic carbocycles. The molecule has 0 amide bonds. The van der Waals surface area contributed by atoms with Gasteiger partial charge in [0, 0.05) is 39.8 Å². The average molecular weight is 361 g/mol. The summed E-state index contributed by atoms with van der Waals surface area (Å²) < 4.78 is 0. The van der Waals surface area contributed by atoms with E-state index in [1.54, 1.807) is 6.20 Å². The quantitative estimate of drug-likeness (QED) is 0.618. The zero-order chi connectivity index (χ0) is 17.3. The molecule has 124 valence electrons. The molecule has 0 aliphatic heterocycles. The number of rotatable bonds is 3. The lowest BCUT2D eigenvalue weighted by Gasteiger charge is -2.15. The largest absolute Gasteiger partial charge is 0.341 e. The monoisotopic (exact) mass is 360 g/mol. The Balaban J connectivity index is 1.84. The van der Waals surface area contributed by atoms with Crippen LogP contribution in [-0.2, 0) is 5.41 Å². The summed E-state index contributed by atoms with van der Waals surface area (Å²) in [6.07, 6.45) is 3.60. The molecule has 0 unspecified atom stereocenters. The van der Waals surface area contributed by atoms with Crippen molar-refractivity contribution in [3.63, 3.8) is 0 Å². The molecule has 2 N–H and O–H groups in total. The molecule has 0 spiro atoms. The second-order valence-electron chi connectivity index (χ2n) is 6.58. The number of nitrogens with zero attached hydrogens (tertiary/aromatic N) is 2. The summed E-state index contributed by atoms with van der Waals surface area (Å²) in [6.45, 7) is 6.40. The van der Waals surface area contributed by atoms with Crippen molar-refractivity contribution in [2.24, 2.45) is 0 Å². The molecule has 0 bridgehead atoms. The summed E-state index contributed by atoms with van der Waals surface area (Å²) in [4.78, 5) is 12.2. The van der Waals surface area contributed by atoms with Crippen LogP contribution in [0.3, 0.4) is 0 Å². The summed E-state index contributed by atoms with van der Waals surface area (Å²) in [7, 11) is 0. The Morgan fingerprint density at radius 1 is 1.00 bits per heavy atom. The Bertz CT molecular complexity index is 848. The van der Waals surface area contributed by atoms with Gasteiger partial charge in [0.2, 0.25) is 0 Å². The molecule has 6 heteroatoms. The minimum Gasteiger partial charge on any atom is -0.341 e. The second-order valence-corrected chi connectivity index (χ2v) is 7.43. The highest BCUT2D eigenvalue weighted by molar-refractivity contribution is 6.33. The first kappa shape index (κ1) is 16.8. The van der Waals surface area contributed by atoms with Crippen molar-refractivity contribution in [3.8, 4) is 11.4 Å². The molecule has 2 aromatic heterocycles. The SMILES string of the molecule is CC(C)(C)c1cnc(-c2cnc(Nc3ccc(Cl)cc3)c(Cl)c2)[nH]1. The Morgan fingerprint density at radius 3 is 2.29 bits per heavy atom. The number of aromatic amines is 1. The molecule has 0 atom stereocenters. The van der Waals surface area contributed by atoms with Gasteiger partial charge >= 0.3 is 0 Å². The summed E-state index contributed by atoms with van der Waals surface area (Å²) in [6, 6.07) is 9.21. The Hall–Kier alpha value is -2.04. The van der Waals surface area contributed by atoms with E-state index in [-0.39, 0.29) is 5.41 Å². The lowest BCUT2D eigenvalue weighted by molar-refractivity contribution is 0.573. The van der Waals surface area contributed by atoms with Gasteiger partial charge in [-0.25, -0.2) is 9.97 Å². The maximum atomic E-state index is 6.36. The van der Waals surface area contributed by atoms with Crippen molar-refractivity contribution in [2.45, 2.75) is 26.2 Å². The smallest absolute Gasteiger partial charge is 0.149 e. The number of hydrogen-bond donors (Lipinski definition) is 2. The third kappa shape index (κ3) is 3.71. The van der Waals surface area contributed by atoms with E-state index in [0.717, 1.165) is 22.8 Å². The Morgan fingerprint density at radius 2 is 1.71 bits per heavy atom. The standard InChI is InChI=1S/C18H18Cl2N4/c1-18(2,3)15-10-22-16(24-15)11-8-14(20)17(21-9-11)23-13-6-4-12(19)5-7-13/h4-10H,1-3H3,(H,21,23)(H,22,24). The van der Waals surface area contributed by atoms with Gasteiger partial charge in [0.1, 0.15) is 11.6 Å². The van der Waals surface area contributed by atoms with E-state index in [1.807, 2.05) is 36.5 Å². The second kappa shape index (κ2) is 6.46. The first-order valence-electron chi connectivity index (χ1n) is 7.57. The fourth-order valence-electron chi connectivity index (χ4n) is 2.18. The number of nitrogens with one attached hydrogen (secondary N) is 2.